The molecule has 1 saturated carbocycles. The van der Waals surface area contributed by atoms with Crippen molar-refractivity contribution in [3.63, 3.8) is 0 Å². The van der Waals surface area contributed by atoms with E-state index in [2.05, 4.69) is 19.7 Å². The molecule has 2 aromatic heterocycles. The van der Waals surface area contributed by atoms with Gasteiger partial charge in [0, 0.05) is 12.4 Å². The van der Waals surface area contributed by atoms with Crippen LogP contribution in [-0.4, -0.2) is 26.9 Å². The summed E-state index contributed by atoms with van der Waals surface area (Å²) in [6, 6.07) is 1.71. The van der Waals surface area contributed by atoms with Gasteiger partial charge in [0.2, 0.25) is 11.8 Å². The Morgan fingerprint density at radius 3 is 2.74 bits per heavy atom. The molecule has 0 bridgehead atoms. The largest absolute Gasteiger partial charge is 0.476 e. The summed E-state index contributed by atoms with van der Waals surface area (Å²) in [7, 11) is 0. The Hall–Kier alpha value is -2.22. The molecule has 2 heterocycles. The number of nitrogens with two attached hydrogens (primary N) is 1. The van der Waals surface area contributed by atoms with E-state index in [9.17, 15) is 4.79 Å². The second-order valence-corrected chi connectivity index (χ2v) is 6.34. The molecular formula is C15H19N5O2S. The number of carbonyl (C=O) groups excluding carboxylic acids is 1. The molecule has 122 valence electrons. The lowest BCUT2D eigenvalue weighted by Gasteiger charge is -2.21. The van der Waals surface area contributed by atoms with E-state index in [0.717, 1.165) is 11.5 Å². The zero-order valence-corrected chi connectivity index (χ0v) is 13.5. The van der Waals surface area contributed by atoms with Crippen LogP contribution in [0.5, 0.6) is 5.88 Å². The van der Waals surface area contributed by atoms with Gasteiger partial charge in [-0.25, -0.2) is 9.97 Å². The standard InChI is InChI=1S/C15H19N5O2S/c16-12(21)11-13(22-9-10-5-2-1-3-6-10)20-23-14(11)19-15-17-7-4-8-18-15/h4,7-8,10H,1-3,5-6,9H2,(H2,16,21)(H,17,18,19). The number of hydrogen-bond acceptors (Lipinski definition) is 7. The van der Waals surface area contributed by atoms with Crippen LogP contribution in [0.25, 0.3) is 0 Å². The topological polar surface area (TPSA) is 103 Å². The van der Waals surface area contributed by atoms with Crippen molar-refractivity contribution in [1.82, 2.24) is 14.3 Å². The highest BCUT2D eigenvalue weighted by molar-refractivity contribution is 7.11. The van der Waals surface area contributed by atoms with Gasteiger partial charge in [0.15, 0.2) is 0 Å². The van der Waals surface area contributed by atoms with Crippen LogP contribution in [0.4, 0.5) is 10.9 Å². The molecule has 23 heavy (non-hydrogen) atoms. The minimum Gasteiger partial charge on any atom is -0.476 e. The lowest BCUT2D eigenvalue weighted by Crippen LogP contribution is -2.18. The summed E-state index contributed by atoms with van der Waals surface area (Å²) in [5, 5.41) is 3.47. The Morgan fingerprint density at radius 2 is 2.04 bits per heavy atom. The zero-order chi connectivity index (χ0) is 16.1. The van der Waals surface area contributed by atoms with E-state index in [0.29, 0.717) is 29.4 Å². The number of hydrogen-bond donors (Lipinski definition) is 2. The summed E-state index contributed by atoms with van der Waals surface area (Å²) >= 11 is 1.12. The molecule has 0 aromatic carbocycles. The van der Waals surface area contributed by atoms with E-state index in [1.54, 1.807) is 18.5 Å². The van der Waals surface area contributed by atoms with E-state index in [1.807, 2.05) is 0 Å². The number of nitrogens with one attached hydrogen (secondary N) is 1. The van der Waals surface area contributed by atoms with Crippen LogP contribution >= 0.6 is 11.5 Å². The van der Waals surface area contributed by atoms with Crippen LogP contribution in [0.1, 0.15) is 42.5 Å². The quantitative estimate of drug-likeness (QED) is 0.842. The summed E-state index contributed by atoms with van der Waals surface area (Å²) < 4.78 is 9.99. The number of ether oxygens (including phenoxy) is 1. The van der Waals surface area contributed by atoms with Crippen LogP contribution in [0, 0.1) is 5.92 Å². The van der Waals surface area contributed by atoms with E-state index in [1.165, 1.54) is 32.1 Å². The molecular weight excluding hydrogens is 314 g/mol. The first-order valence-corrected chi connectivity index (χ1v) is 8.47. The Morgan fingerprint density at radius 1 is 1.30 bits per heavy atom. The van der Waals surface area contributed by atoms with E-state index >= 15 is 0 Å². The highest BCUT2D eigenvalue weighted by atomic mass is 32.1. The molecule has 7 nitrogen and oxygen atoms in total. The van der Waals surface area contributed by atoms with Crippen LogP contribution in [0.2, 0.25) is 0 Å². The Labute approximate surface area is 138 Å². The molecule has 3 rings (SSSR count). The fourth-order valence-electron chi connectivity index (χ4n) is 2.69. The molecule has 1 amide bonds. The molecule has 0 unspecified atom stereocenters. The number of amides is 1. The number of nitrogens with zero attached hydrogens (tertiary/aromatic N) is 3. The zero-order valence-electron chi connectivity index (χ0n) is 12.7. The van der Waals surface area contributed by atoms with Gasteiger partial charge < -0.3 is 15.8 Å². The van der Waals surface area contributed by atoms with Crippen LogP contribution in [0.15, 0.2) is 18.5 Å². The van der Waals surface area contributed by atoms with Crippen molar-refractivity contribution in [3.8, 4) is 5.88 Å². The van der Waals surface area contributed by atoms with Crippen molar-refractivity contribution in [3.05, 3.63) is 24.0 Å². The summed E-state index contributed by atoms with van der Waals surface area (Å²) in [5.74, 6) is 0.639. The van der Waals surface area contributed by atoms with Gasteiger partial charge in [0.05, 0.1) is 6.61 Å². The van der Waals surface area contributed by atoms with Crippen molar-refractivity contribution in [2.75, 3.05) is 11.9 Å². The molecule has 3 N–H and O–H groups in total. The maximum atomic E-state index is 11.8. The molecule has 1 aliphatic carbocycles. The number of anilines is 2. The normalized spacial score (nSPS) is 15.3. The van der Waals surface area contributed by atoms with Crippen LogP contribution in [-0.2, 0) is 0 Å². The van der Waals surface area contributed by atoms with Crippen molar-refractivity contribution in [2.24, 2.45) is 11.7 Å². The Balaban J connectivity index is 1.71. The van der Waals surface area contributed by atoms with Gasteiger partial charge in [-0.3, -0.25) is 4.79 Å². The molecule has 8 heteroatoms. The lowest BCUT2D eigenvalue weighted by molar-refractivity contribution is 0.0995. The molecule has 0 radical (unpaired) electrons. The maximum Gasteiger partial charge on any atom is 0.257 e. The van der Waals surface area contributed by atoms with Gasteiger partial charge in [0.1, 0.15) is 10.6 Å². The van der Waals surface area contributed by atoms with Gasteiger partial charge >= 0.3 is 0 Å². The van der Waals surface area contributed by atoms with Crippen molar-refractivity contribution in [2.45, 2.75) is 32.1 Å². The second-order valence-electron chi connectivity index (χ2n) is 5.57. The molecule has 0 saturated heterocycles. The highest BCUT2D eigenvalue weighted by Crippen LogP contribution is 2.33. The van der Waals surface area contributed by atoms with Crippen molar-refractivity contribution < 1.29 is 9.53 Å². The summed E-state index contributed by atoms with van der Waals surface area (Å²) in [5.41, 5.74) is 5.75. The lowest BCUT2D eigenvalue weighted by atomic mass is 9.90. The number of aromatic nitrogens is 3. The number of primary amides is 1. The van der Waals surface area contributed by atoms with Crippen molar-refractivity contribution in [1.29, 1.82) is 0 Å². The number of carbonyl (C=O) groups is 1. The van der Waals surface area contributed by atoms with Crippen molar-refractivity contribution >= 4 is 28.4 Å². The first-order valence-electron chi connectivity index (χ1n) is 7.70. The van der Waals surface area contributed by atoms with Gasteiger partial charge in [-0.05, 0) is 36.4 Å². The van der Waals surface area contributed by atoms with Crippen LogP contribution in [0.3, 0.4) is 0 Å². The number of rotatable bonds is 6. The maximum absolute atomic E-state index is 11.8. The molecule has 1 aliphatic rings. The van der Waals surface area contributed by atoms with Gasteiger partial charge in [0.25, 0.3) is 5.91 Å². The Bertz CT molecular complexity index is 655. The Kier molecular flexibility index (Phi) is 5.02. The molecule has 2 aromatic rings. The van der Waals surface area contributed by atoms with E-state index in [4.69, 9.17) is 10.5 Å². The predicted octanol–water partition coefficient (Wildman–Crippen LogP) is 2.73. The molecule has 1 fully saturated rings. The first-order chi connectivity index (χ1) is 11.2. The SMILES string of the molecule is NC(=O)c1c(OCC2CCCCC2)nsc1Nc1ncccn1. The van der Waals surface area contributed by atoms with E-state index in [-0.39, 0.29) is 5.56 Å². The smallest absolute Gasteiger partial charge is 0.257 e. The third-order valence-electron chi connectivity index (χ3n) is 3.88. The van der Waals surface area contributed by atoms with Gasteiger partial charge in [-0.1, -0.05) is 19.3 Å². The molecule has 0 atom stereocenters. The minimum absolute atomic E-state index is 0.262. The first kappa shape index (κ1) is 15.7. The fraction of sp³-hybridized carbons (Fsp3) is 0.467. The van der Waals surface area contributed by atoms with Gasteiger partial charge in [-0.15, -0.1) is 0 Å². The van der Waals surface area contributed by atoms with Gasteiger partial charge in [-0.2, -0.15) is 4.37 Å². The third-order valence-corrected chi connectivity index (χ3v) is 4.62. The molecule has 0 spiro atoms. The highest BCUT2D eigenvalue weighted by Gasteiger charge is 2.22. The summed E-state index contributed by atoms with van der Waals surface area (Å²) in [6.45, 7) is 0.575. The summed E-state index contributed by atoms with van der Waals surface area (Å²) in [6.07, 6.45) is 9.34. The average Bonchev–Trinajstić information content (AvgIpc) is 2.98. The molecule has 0 aliphatic heterocycles. The van der Waals surface area contributed by atoms with Crippen LogP contribution < -0.4 is 15.8 Å². The third kappa shape index (κ3) is 3.95. The fourth-order valence-corrected chi connectivity index (χ4v) is 3.43. The average molecular weight is 333 g/mol. The second kappa shape index (κ2) is 7.36. The monoisotopic (exact) mass is 333 g/mol. The predicted molar refractivity (Wildman–Crippen MR) is 88.0 cm³/mol. The summed E-state index contributed by atoms with van der Waals surface area (Å²) in [4.78, 5) is 19.9. The van der Waals surface area contributed by atoms with E-state index < -0.39 is 5.91 Å². The minimum atomic E-state index is -0.573.